The summed E-state index contributed by atoms with van der Waals surface area (Å²) in [6.07, 6.45) is 17.3. The topological polar surface area (TPSA) is 20.2 Å². The monoisotopic (exact) mass is 272 g/mol. The maximum atomic E-state index is 9.52. The van der Waals surface area contributed by atoms with Crippen molar-refractivity contribution in [1.29, 1.82) is 0 Å². The molecule has 4 aliphatic carbocycles. The fraction of sp³-hybridized carbons (Fsp3) is 0.789. The molecule has 4 aliphatic rings. The Morgan fingerprint density at radius 1 is 1.10 bits per heavy atom. The minimum absolute atomic E-state index is 0.403. The van der Waals surface area contributed by atoms with Crippen LogP contribution in [-0.4, -0.2) is 11.7 Å². The van der Waals surface area contributed by atoms with Crippen LogP contribution < -0.4 is 0 Å². The van der Waals surface area contributed by atoms with E-state index in [1.165, 1.54) is 64.2 Å². The van der Waals surface area contributed by atoms with Crippen LogP contribution in [0.25, 0.3) is 0 Å². The Hall–Kier alpha value is -0.560. The Morgan fingerprint density at radius 2 is 2.05 bits per heavy atom. The number of allylic oxidation sites excluding steroid dienone is 4. The van der Waals surface area contributed by atoms with Gasteiger partial charge >= 0.3 is 0 Å². The maximum absolute atomic E-state index is 9.52. The highest BCUT2D eigenvalue weighted by atomic mass is 16.3. The van der Waals surface area contributed by atoms with Gasteiger partial charge in [0.25, 0.3) is 0 Å². The number of hydrogen-bond acceptors (Lipinski definition) is 1. The van der Waals surface area contributed by atoms with Gasteiger partial charge in [0, 0.05) is 6.61 Å². The molecule has 20 heavy (non-hydrogen) atoms. The van der Waals surface area contributed by atoms with Crippen molar-refractivity contribution in [2.75, 3.05) is 6.61 Å². The molecule has 4 rings (SSSR count). The summed E-state index contributed by atoms with van der Waals surface area (Å²) >= 11 is 0. The van der Waals surface area contributed by atoms with Crippen molar-refractivity contribution < 1.29 is 5.11 Å². The van der Waals surface area contributed by atoms with Crippen LogP contribution in [0.4, 0.5) is 0 Å². The van der Waals surface area contributed by atoms with Gasteiger partial charge in [-0.3, -0.25) is 0 Å². The first kappa shape index (κ1) is 13.1. The molecular formula is C19H28O. The predicted molar refractivity (Wildman–Crippen MR) is 82.4 cm³/mol. The zero-order chi connectivity index (χ0) is 13.6. The predicted octanol–water partition coefficient (Wildman–Crippen LogP) is 4.77. The smallest absolute Gasteiger partial charge is 0.0436 e. The highest BCUT2D eigenvalue weighted by Gasteiger charge is 2.50. The molecule has 3 atom stereocenters. The van der Waals surface area contributed by atoms with Crippen molar-refractivity contribution in [3.05, 3.63) is 22.8 Å². The Balaban J connectivity index is 1.70. The first-order valence-corrected chi connectivity index (χ1v) is 8.86. The third-order valence-corrected chi connectivity index (χ3v) is 6.93. The minimum Gasteiger partial charge on any atom is -0.396 e. The van der Waals surface area contributed by atoms with Crippen molar-refractivity contribution in [2.45, 2.75) is 70.6 Å². The summed E-state index contributed by atoms with van der Waals surface area (Å²) in [4.78, 5) is 0. The van der Waals surface area contributed by atoms with E-state index in [-0.39, 0.29) is 0 Å². The second-order valence-corrected chi connectivity index (χ2v) is 7.61. The van der Waals surface area contributed by atoms with Gasteiger partial charge < -0.3 is 5.11 Å². The van der Waals surface area contributed by atoms with E-state index in [0.29, 0.717) is 12.0 Å². The Bertz CT molecular complexity index is 458. The molecule has 0 aromatic rings. The van der Waals surface area contributed by atoms with Gasteiger partial charge in [-0.2, -0.15) is 0 Å². The molecule has 1 nitrogen and oxygen atoms in total. The third-order valence-electron chi connectivity index (χ3n) is 6.93. The molecule has 0 radical (unpaired) electrons. The molecule has 0 aliphatic heterocycles. The van der Waals surface area contributed by atoms with Crippen LogP contribution in [0.15, 0.2) is 22.8 Å². The molecular weight excluding hydrogens is 244 g/mol. The van der Waals surface area contributed by atoms with E-state index in [0.717, 1.165) is 18.3 Å². The van der Waals surface area contributed by atoms with Crippen molar-refractivity contribution in [3.8, 4) is 0 Å². The zero-order valence-electron chi connectivity index (χ0n) is 12.7. The largest absolute Gasteiger partial charge is 0.396 e. The lowest BCUT2D eigenvalue weighted by molar-refractivity contribution is 0.0654. The minimum atomic E-state index is 0.403. The van der Waals surface area contributed by atoms with Crippen LogP contribution in [0.5, 0.6) is 0 Å². The van der Waals surface area contributed by atoms with Crippen molar-refractivity contribution >= 4 is 0 Å². The quantitative estimate of drug-likeness (QED) is 0.768. The standard InChI is InChI=1S/C19H28O/c20-13-12-19-10-3-6-18(19)17-8-7-14-4-1-2-5-15(14)16(17)9-11-19/h4,17-18,20H,1-3,5-13H2/t17-,18+,19+/m1/s1. The first-order valence-electron chi connectivity index (χ1n) is 8.86. The lowest BCUT2D eigenvalue weighted by atomic mass is 9.56. The summed E-state index contributed by atoms with van der Waals surface area (Å²) in [6.45, 7) is 0.403. The summed E-state index contributed by atoms with van der Waals surface area (Å²) in [5, 5.41) is 9.52. The number of fused-ring (bicyclic) bond motifs is 4. The maximum Gasteiger partial charge on any atom is 0.0436 e. The third kappa shape index (κ3) is 1.85. The number of hydrogen-bond donors (Lipinski definition) is 1. The molecule has 2 saturated carbocycles. The van der Waals surface area contributed by atoms with E-state index in [1.54, 1.807) is 11.1 Å². The van der Waals surface area contributed by atoms with Gasteiger partial charge in [-0.05, 0) is 92.6 Å². The molecule has 1 N–H and O–H groups in total. The van der Waals surface area contributed by atoms with Crippen LogP contribution in [0.1, 0.15) is 70.6 Å². The molecule has 1 heteroatoms. The molecule has 2 fully saturated rings. The van der Waals surface area contributed by atoms with Gasteiger partial charge in [0.1, 0.15) is 0 Å². The average Bonchev–Trinajstić information content (AvgIpc) is 2.91. The SMILES string of the molecule is OCC[C@@]12CCC[C@H]1[C@@H]1CCC3=CCCCC3=C1CC2. The molecule has 0 saturated heterocycles. The number of rotatable bonds is 2. The molecule has 110 valence electrons. The van der Waals surface area contributed by atoms with Crippen LogP contribution in [0.2, 0.25) is 0 Å². The zero-order valence-corrected chi connectivity index (χ0v) is 12.7. The summed E-state index contributed by atoms with van der Waals surface area (Å²) in [6, 6.07) is 0. The van der Waals surface area contributed by atoms with Crippen molar-refractivity contribution in [1.82, 2.24) is 0 Å². The van der Waals surface area contributed by atoms with Crippen LogP contribution >= 0.6 is 0 Å². The van der Waals surface area contributed by atoms with E-state index >= 15 is 0 Å². The first-order chi connectivity index (χ1) is 9.84. The molecule has 0 amide bonds. The summed E-state index contributed by atoms with van der Waals surface area (Å²) in [5.41, 5.74) is 5.88. The van der Waals surface area contributed by atoms with E-state index in [2.05, 4.69) is 6.08 Å². The summed E-state index contributed by atoms with van der Waals surface area (Å²) in [7, 11) is 0. The normalized spacial score (nSPS) is 40.0. The van der Waals surface area contributed by atoms with Gasteiger partial charge in [-0.1, -0.05) is 18.1 Å². The van der Waals surface area contributed by atoms with Crippen molar-refractivity contribution in [2.24, 2.45) is 17.3 Å². The number of aliphatic hydroxyl groups is 1. The Labute approximate surface area is 123 Å². The van der Waals surface area contributed by atoms with Gasteiger partial charge in [0.2, 0.25) is 0 Å². The lowest BCUT2D eigenvalue weighted by Gasteiger charge is -2.49. The summed E-state index contributed by atoms with van der Waals surface area (Å²) < 4.78 is 0. The second kappa shape index (κ2) is 5.02. The van der Waals surface area contributed by atoms with E-state index < -0.39 is 0 Å². The van der Waals surface area contributed by atoms with Crippen LogP contribution in [0.3, 0.4) is 0 Å². The summed E-state index contributed by atoms with van der Waals surface area (Å²) in [5.74, 6) is 1.78. The second-order valence-electron chi connectivity index (χ2n) is 7.61. The highest BCUT2D eigenvalue weighted by Crippen LogP contribution is 2.61. The molecule has 0 heterocycles. The fourth-order valence-electron chi connectivity index (χ4n) is 6.09. The van der Waals surface area contributed by atoms with Gasteiger partial charge in [0.15, 0.2) is 0 Å². The average molecular weight is 272 g/mol. The van der Waals surface area contributed by atoms with E-state index in [1.807, 2.05) is 5.57 Å². The van der Waals surface area contributed by atoms with E-state index in [4.69, 9.17) is 0 Å². The van der Waals surface area contributed by atoms with E-state index in [9.17, 15) is 5.11 Å². The molecule has 0 aromatic heterocycles. The lowest BCUT2D eigenvalue weighted by Crippen LogP contribution is -2.39. The molecule has 0 aromatic carbocycles. The molecule has 0 unspecified atom stereocenters. The van der Waals surface area contributed by atoms with Crippen molar-refractivity contribution in [3.63, 3.8) is 0 Å². The highest BCUT2D eigenvalue weighted by molar-refractivity contribution is 5.42. The van der Waals surface area contributed by atoms with Crippen LogP contribution in [0, 0.1) is 17.3 Å². The van der Waals surface area contributed by atoms with Gasteiger partial charge in [-0.15, -0.1) is 0 Å². The Kier molecular flexibility index (Phi) is 3.29. The molecule has 0 bridgehead atoms. The fourth-order valence-corrected chi connectivity index (χ4v) is 6.09. The Morgan fingerprint density at radius 3 is 2.95 bits per heavy atom. The van der Waals surface area contributed by atoms with Gasteiger partial charge in [-0.25, -0.2) is 0 Å². The number of aliphatic hydroxyl groups excluding tert-OH is 1. The van der Waals surface area contributed by atoms with Crippen LogP contribution in [-0.2, 0) is 0 Å². The van der Waals surface area contributed by atoms with Gasteiger partial charge in [0.05, 0.1) is 0 Å². The molecule has 0 spiro atoms.